The fourth-order valence-electron chi connectivity index (χ4n) is 1.21. The Kier molecular flexibility index (Phi) is 5.77. The van der Waals surface area contributed by atoms with Gasteiger partial charge in [0.25, 0.3) is 6.43 Å². The normalized spacial score (nSPS) is 13.1. The highest BCUT2D eigenvalue weighted by Crippen LogP contribution is 2.22. The molecule has 1 heterocycles. The van der Waals surface area contributed by atoms with Crippen molar-refractivity contribution in [3.8, 4) is 0 Å². The Bertz CT molecular complexity index is 361. The standard InChI is InChI=1S/C11H17F2N3S/c1-3-7(2)17-6-9-15-5-8(4-14)10(16-9)11(12)13/h5,7,11H,3-4,6,14H2,1-2H3. The quantitative estimate of drug-likeness (QED) is 0.855. The van der Waals surface area contributed by atoms with Crippen molar-refractivity contribution in [1.82, 2.24) is 9.97 Å². The summed E-state index contributed by atoms with van der Waals surface area (Å²) in [5.41, 5.74) is 5.45. The van der Waals surface area contributed by atoms with Gasteiger partial charge in [0.1, 0.15) is 11.5 Å². The number of halogens is 2. The van der Waals surface area contributed by atoms with Gasteiger partial charge in [0.2, 0.25) is 0 Å². The summed E-state index contributed by atoms with van der Waals surface area (Å²) >= 11 is 1.66. The molecule has 1 aromatic heterocycles. The molecule has 6 heteroatoms. The van der Waals surface area contributed by atoms with Gasteiger partial charge in [-0.25, -0.2) is 18.7 Å². The van der Waals surface area contributed by atoms with E-state index in [4.69, 9.17) is 5.73 Å². The zero-order valence-corrected chi connectivity index (χ0v) is 10.8. The fraction of sp³-hybridized carbons (Fsp3) is 0.636. The molecule has 1 aromatic rings. The Hall–Kier alpha value is -0.750. The Morgan fingerprint density at radius 3 is 2.71 bits per heavy atom. The van der Waals surface area contributed by atoms with E-state index in [1.807, 2.05) is 0 Å². The first-order chi connectivity index (χ1) is 8.08. The molecule has 0 saturated carbocycles. The summed E-state index contributed by atoms with van der Waals surface area (Å²) < 4.78 is 25.4. The predicted molar refractivity (Wildman–Crippen MR) is 65.9 cm³/mol. The average molecular weight is 261 g/mol. The van der Waals surface area contributed by atoms with Crippen molar-refractivity contribution in [1.29, 1.82) is 0 Å². The van der Waals surface area contributed by atoms with E-state index in [2.05, 4.69) is 23.8 Å². The molecular formula is C11H17F2N3S. The highest BCUT2D eigenvalue weighted by Gasteiger charge is 2.15. The van der Waals surface area contributed by atoms with E-state index in [0.717, 1.165) is 6.42 Å². The van der Waals surface area contributed by atoms with Crippen LogP contribution in [0, 0.1) is 0 Å². The summed E-state index contributed by atoms with van der Waals surface area (Å²) in [7, 11) is 0. The summed E-state index contributed by atoms with van der Waals surface area (Å²) in [6, 6.07) is 0. The number of hydrogen-bond donors (Lipinski definition) is 1. The Morgan fingerprint density at radius 1 is 1.47 bits per heavy atom. The molecular weight excluding hydrogens is 244 g/mol. The van der Waals surface area contributed by atoms with Crippen LogP contribution in [-0.2, 0) is 12.3 Å². The minimum atomic E-state index is -2.59. The fourth-order valence-corrected chi connectivity index (χ4v) is 2.02. The molecule has 0 bridgehead atoms. The number of aromatic nitrogens is 2. The molecule has 0 aliphatic carbocycles. The maximum atomic E-state index is 12.7. The summed E-state index contributed by atoms with van der Waals surface area (Å²) in [6.45, 7) is 4.21. The van der Waals surface area contributed by atoms with Gasteiger partial charge in [0.05, 0.1) is 5.75 Å². The van der Waals surface area contributed by atoms with E-state index in [-0.39, 0.29) is 12.2 Å². The second-order valence-corrected chi connectivity index (χ2v) is 5.16. The van der Waals surface area contributed by atoms with Crippen molar-refractivity contribution in [3.63, 3.8) is 0 Å². The van der Waals surface area contributed by atoms with Crippen LogP contribution in [0.4, 0.5) is 8.78 Å². The van der Waals surface area contributed by atoms with Gasteiger partial charge in [-0.2, -0.15) is 11.8 Å². The molecule has 0 fully saturated rings. The molecule has 1 atom stereocenters. The first kappa shape index (κ1) is 14.3. The lowest BCUT2D eigenvalue weighted by Crippen LogP contribution is -2.08. The second kappa shape index (κ2) is 6.86. The SMILES string of the molecule is CCC(C)SCc1ncc(CN)c(C(F)F)n1. The van der Waals surface area contributed by atoms with Crippen LogP contribution in [-0.4, -0.2) is 15.2 Å². The minimum absolute atomic E-state index is 0.0401. The number of rotatable bonds is 6. The van der Waals surface area contributed by atoms with Crippen molar-refractivity contribution in [2.45, 2.75) is 44.2 Å². The van der Waals surface area contributed by atoms with Crippen LogP contribution in [0.25, 0.3) is 0 Å². The van der Waals surface area contributed by atoms with Crippen molar-refractivity contribution >= 4 is 11.8 Å². The van der Waals surface area contributed by atoms with E-state index in [0.29, 0.717) is 22.4 Å². The van der Waals surface area contributed by atoms with E-state index < -0.39 is 6.43 Å². The lowest BCUT2D eigenvalue weighted by atomic mass is 10.2. The van der Waals surface area contributed by atoms with Crippen molar-refractivity contribution < 1.29 is 8.78 Å². The summed E-state index contributed by atoms with van der Waals surface area (Å²) in [5, 5.41) is 0.475. The highest BCUT2D eigenvalue weighted by atomic mass is 32.2. The Labute approximate surface area is 104 Å². The molecule has 0 radical (unpaired) electrons. The maximum Gasteiger partial charge on any atom is 0.280 e. The molecule has 0 saturated heterocycles. The Morgan fingerprint density at radius 2 is 2.18 bits per heavy atom. The zero-order chi connectivity index (χ0) is 12.8. The van der Waals surface area contributed by atoms with Gasteiger partial charge < -0.3 is 5.73 Å². The van der Waals surface area contributed by atoms with E-state index in [1.54, 1.807) is 11.8 Å². The van der Waals surface area contributed by atoms with Gasteiger partial charge in [-0.15, -0.1) is 0 Å². The van der Waals surface area contributed by atoms with Crippen LogP contribution in [0.5, 0.6) is 0 Å². The van der Waals surface area contributed by atoms with Crippen LogP contribution >= 0.6 is 11.8 Å². The van der Waals surface area contributed by atoms with Gasteiger partial charge in [-0.05, 0) is 6.42 Å². The van der Waals surface area contributed by atoms with Gasteiger partial charge in [0, 0.05) is 23.6 Å². The Balaban J connectivity index is 2.78. The van der Waals surface area contributed by atoms with Gasteiger partial charge in [-0.1, -0.05) is 13.8 Å². The van der Waals surface area contributed by atoms with E-state index in [9.17, 15) is 8.78 Å². The van der Waals surface area contributed by atoms with Gasteiger partial charge in [0.15, 0.2) is 0 Å². The van der Waals surface area contributed by atoms with Crippen LogP contribution in [0.2, 0.25) is 0 Å². The van der Waals surface area contributed by atoms with Gasteiger partial charge in [-0.3, -0.25) is 0 Å². The molecule has 0 aliphatic heterocycles. The average Bonchev–Trinajstić information content (AvgIpc) is 2.35. The van der Waals surface area contributed by atoms with Crippen molar-refractivity contribution in [2.75, 3.05) is 0 Å². The molecule has 0 amide bonds. The van der Waals surface area contributed by atoms with Crippen LogP contribution < -0.4 is 5.73 Å². The molecule has 2 N–H and O–H groups in total. The third kappa shape index (κ3) is 4.20. The first-order valence-corrected chi connectivity index (χ1v) is 6.57. The lowest BCUT2D eigenvalue weighted by Gasteiger charge is -2.10. The van der Waals surface area contributed by atoms with Crippen LogP contribution in [0.15, 0.2) is 6.20 Å². The maximum absolute atomic E-state index is 12.7. The molecule has 0 aromatic carbocycles. The third-order valence-corrected chi connectivity index (χ3v) is 3.77. The van der Waals surface area contributed by atoms with Crippen LogP contribution in [0.1, 0.15) is 43.8 Å². The predicted octanol–water partition coefficient (Wildman–Crippen LogP) is 2.90. The summed E-state index contributed by atoms with van der Waals surface area (Å²) in [4.78, 5) is 7.94. The van der Waals surface area contributed by atoms with E-state index >= 15 is 0 Å². The molecule has 3 nitrogen and oxygen atoms in total. The van der Waals surface area contributed by atoms with Crippen molar-refractivity contribution in [3.05, 3.63) is 23.3 Å². The van der Waals surface area contributed by atoms with Crippen molar-refractivity contribution in [2.24, 2.45) is 5.73 Å². The smallest absolute Gasteiger partial charge is 0.280 e. The number of nitrogens with two attached hydrogens (primary N) is 1. The topological polar surface area (TPSA) is 51.8 Å². The number of alkyl halides is 2. The molecule has 0 spiro atoms. The first-order valence-electron chi connectivity index (χ1n) is 5.53. The second-order valence-electron chi connectivity index (χ2n) is 3.73. The lowest BCUT2D eigenvalue weighted by molar-refractivity contribution is 0.144. The molecule has 17 heavy (non-hydrogen) atoms. The number of hydrogen-bond acceptors (Lipinski definition) is 4. The summed E-state index contributed by atoms with van der Waals surface area (Å²) in [5.74, 6) is 1.00. The number of nitrogens with zero attached hydrogens (tertiary/aromatic N) is 2. The molecule has 1 unspecified atom stereocenters. The zero-order valence-electron chi connectivity index (χ0n) is 9.99. The largest absolute Gasteiger partial charge is 0.326 e. The molecule has 96 valence electrons. The molecule has 0 aliphatic rings. The third-order valence-electron chi connectivity index (χ3n) is 2.45. The monoisotopic (exact) mass is 261 g/mol. The minimum Gasteiger partial charge on any atom is -0.326 e. The number of thioether (sulfide) groups is 1. The highest BCUT2D eigenvalue weighted by molar-refractivity contribution is 7.99. The molecule has 1 rings (SSSR count). The van der Waals surface area contributed by atoms with E-state index in [1.165, 1.54) is 6.20 Å². The van der Waals surface area contributed by atoms with Gasteiger partial charge >= 0.3 is 0 Å². The summed E-state index contributed by atoms with van der Waals surface area (Å²) in [6.07, 6.45) is -0.155. The van der Waals surface area contributed by atoms with Crippen LogP contribution in [0.3, 0.4) is 0 Å².